The van der Waals surface area contributed by atoms with Crippen LogP contribution in [0, 0.1) is 0 Å². The number of nitrogens with one attached hydrogen (secondary N) is 2. The van der Waals surface area contributed by atoms with E-state index in [1.54, 1.807) is 19.1 Å². The van der Waals surface area contributed by atoms with Crippen molar-refractivity contribution < 1.29 is 19.1 Å². The van der Waals surface area contributed by atoms with Gasteiger partial charge in [0.25, 0.3) is 5.91 Å². The summed E-state index contributed by atoms with van der Waals surface area (Å²) >= 11 is 0. The third-order valence-corrected chi connectivity index (χ3v) is 2.43. The average molecular weight is 302 g/mol. The first-order valence-corrected chi connectivity index (χ1v) is 6.69. The van der Waals surface area contributed by atoms with Gasteiger partial charge in [0, 0.05) is 12.6 Å². The van der Waals surface area contributed by atoms with Gasteiger partial charge in [-0.1, -0.05) is 48.6 Å². The fourth-order valence-electron chi connectivity index (χ4n) is 1.42. The minimum Gasteiger partial charge on any atom is -0.452 e. The van der Waals surface area contributed by atoms with E-state index in [0.717, 1.165) is 5.56 Å². The molecule has 22 heavy (non-hydrogen) atoms. The van der Waals surface area contributed by atoms with E-state index in [0.29, 0.717) is 6.54 Å². The molecular formula is C16H18N2O4. The first kappa shape index (κ1) is 17.2. The van der Waals surface area contributed by atoms with E-state index in [2.05, 4.69) is 15.4 Å². The monoisotopic (exact) mass is 302 g/mol. The second-order valence-corrected chi connectivity index (χ2v) is 4.21. The van der Waals surface area contributed by atoms with E-state index in [1.165, 1.54) is 12.2 Å². The highest BCUT2D eigenvalue weighted by Gasteiger charge is 2.09. The van der Waals surface area contributed by atoms with E-state index < -0.39 is 24.5 Å². The summed E-state index contributed by atoms with van der Waals surface area (Å²) in [6, 6.07) is 8.62. The second-order valence-electron chi connectivity index (χ2n) is 4.21. The van der Waals surface area contributed by atoms with Crippen LogP contribution in [0.25, 0.3) is 0 Å². The predicted molar refractivity (Wildman–Crippen MR) is 81.7 cm³/mol. The summed E-state index contributed by atoms with van der Waals surface area (Å²) in [4.78, 5) is 34.1. The Morgan fingerprint density at radius 2 is 1.86 bits per heavy atom. The molecule has 0 unspecified atom stereocenters. The number of ether oxygens (including phenoxy) is 1. The molecule has 1 aromatic carbocycles. The second kappa shape index (κ2) is 9.93. The van der Waals surface area contributed by atoms with Crippen LogP contribution in [0.15, 0.2) is 54.6 Å². The zero-order valence-corrected chi connectivity index (χ0v) is 12.2. The number of benzene rings is 1. The van der Waals surface area contributed by atoms with Gasteiger partial charge in [-0.25, -0.2) is 9.59 Å². The third-order valence-electron chi connectivity index (χ3n) is 2.43. The lowest BCUT2D eigenvalue weighted by Gasteiger charge is -2.06. The molecule has 0 heterocycles. The fraction of sp³-hybridized carbons (Fsp3) is 0.188. The van der Waals surface area contributed by atoms with Crippen LogP contribution in [0.1, 0.15) is 12.5 Å². The van der Waals surface area contributed by atoms with Gasteiger partial charge in [0.1, 0.15) is 0 Å². The highest BCUT2D eigenvalue weighted by molar-refractivity contribution is 5.96. The molecular weight excluding hydrogens is 284 g/mol. The van der Waals surface area contributed by atoms with Crippen LogP contribution in [-0.2, 0) is 20.9 Å². The van der Waals surface area contributed by atoms with Gasteiger partial charge in [0.2, 0.25) is 0 Å². The topological polar surface area (TPSA) is 84.5 Å². The molecule has 1 rings (SSSR count). The Morgan fingerprint density at radius 3 is 2.55 bits per heavy atom. The fourth-order valence-corrected chi connectivity index (χ4v) is 1.42. The number of urea groups is 1. The zero-order chi connectivity index (χ0) is 16.2. The van der Waals surface area contributed by atoms with Crippen LogP contribution in [0.5, 0.6) is 0 Å². The molecule has 0 bridgehead atoms. The molecule has 6 nitrogen and oxygen atoms in total. The molecule has 0 saturated heterocycles. The van der Waals surface area contributed by atoms with Crippen LogP contribution in [0.4, 0.5) is 4.79 Å². The maximum atomic E-state index is 11.5. The van der Waals surface area contributed by atoms with Crippen LogP contribution in [0.3, 0.4) is 0 Å². The molecule has 0 radical (unpaired) electrons. The molecule has 3 amide bonds. The van der Waals surface area contributed by atoms with E-state index in [9.17, 15) is 14.4 Å². The molecule has 0 aliphatic rings. The number of hydrogen-bond donors (Lipinski definition) is 2. The number of imide groups is 1. The van der Waals surface area contributed by atoms with Gasteiger partial charge >= 0.3 is 12.0 Å². The molecule has 0 aliphatic carbocycles. The summed E-state index contributed by atoms with van der Waals surface area (Å²) in [7, 11) is 0. The number of esters is 1. The smallest absolute Gasteiger partial charge is 0.331 e. The van der Waals surface area contributed by atoms with Crippen molar-refractivity contribution in [2.24, 2.45) is 0 Å². The summed E-state index contributed by atoms with van der Waals surface area (Å²) in [6.07, 6.45) is 6.07. The normalized spacial score (nSPS) is 10.6. The van der Waals surface area contributed by atoms with Crippen molar-refractivity contribution in [1.82, 2.24) is 10.6 Å². The van der Waals surface area contributed by atoms with Crippen molar-refractivity contribution in [2.75, 3.05) is 6.61 Å². The maximum Gasteiger partial charge on any atom is 0.331 e. The summed E-state index contributed by atoms with van der Waals surface area (Å²) < 4.78 is 4.66. The lowest BCUT2D eigenvalue weighted by molar-refractivity contribution is -0.143. The first-order valence-electron chi connectivity index (χ1n) is 6.69. The summed E-state index contributed by atoms with van der Waals surface area (Å²) in [5.41, 5.74) is 0.908. The maximum absolute atomic E-state index is 11.5. The Labute approximate surface area is 128 Å². The number of carbonyl (C=O) groups excluding carboxylic acids is 3. The number of rotatable bonds is 6. The summed E-state index contributed by atoms with van der Waals surface area (Å²) in [5.74, 6) is -1.35. The van der Waals surface area contributed by atoms with Gasteiger partial charge in [0.15, 0.2) is 6.61 Å². The summed E-state index contributed by atoms with van der Waals surface area (Å²) in [5, 5.41) is 4.59. The number of allylic oxidation sites excluding steroid dienone is 3. The predicted octanol–water partition coefficient (Wildman–Crippen LogP) is 1.69. The zero-order valence-electron chi connectivity index (χ0n) is 12.2. The lowest BCUT2D eigenvalue weighted by Crippen LogP contribution is -2.41. The van der Waals surface area contributed by atoms with E-state index in [4.69, 9.17) is 0 Å². The molecule has 0 atom stereocenters. The number of carbonyl (C=O) groups is 3. The Bertz CT molecular complexity index is 565. The Hall–Kier alpha value is -2.89. The average Bonchev–Trinajstić information content (AvgIpc) is 2.52. The Balaban J connectivity index is 2.24. The van der Waals surface area contributed by atoms with Crippen molar-refractivity contribution in [3.05, 3.63) is 60.2 Å². The quantitative estimate of drug-likeness (QED) is 0.476. The van der Waals surface area contributed by atoms with Gasteiger partial charge < -0.3 is 10.1 Å². The Kier molecular flexibility index (Phi) is 7.74. The molecule has 0 saturated carbocycles. The highest BCUT2D eigenvalue weighted by atomic mass is 16.5. The van der Waals surface area contributed by atoms with Gasteiger partial charge in [0.05, 0.1) is 0 Å². The van der Waals surface area contributed by atoms with E-state index >= 15 is 0 Å². The van der Waals surface area contributed by atoms with E-state index in [1.807, 2.05) is 30.3 Å². The molecule has 0 fully saturated rings. The van der Waals surface area contributed by atoms with Gasteiger partial charge in [-0.05, 0) is 12.5 Å². The van der Waals surface area contributed by atoms with Crippen molar-refractivity contribution in [3.63, 3.8) is 0 Å². The number of hydrogen-bond acceptors (Lipinski definition) is 4. The first-order chi connectivity index (χ1) is 10.6. The SMILES string of the molecule is C/C=C/C=C/C(=O)OCC(=O)NC(=O)NCc1ccccc1. The number of amides is 3. The molecule has 0 aromatic heterocycles. The molecule has 116 valence electrons. The van der Waals surface area contributed by atoms with Crippen LogP contribution in [-0.4, -0.2) is 24.5 Å². The largest absolute Gasteiger partial charge is 0.452 e. The van der Waals surface area contributed by atoms with Crippen molar-refractivity contribution >= 4 is 17.9 Å². The van der Waals surface area contributed by atoms with Gasteiger partial charge in [-0.3, -0.25) is 10.1 Å². The minimum absolute atomic E-state index is 0.297. The highest BCUT2D eigenvalue weighted by Crippen LogP contribution is 1.96. The minimum atomic E-state index is -0.696. The van der Waals surface area contributed by atoms with Gasteiger partial charge in [-0.2, -0.15) is 0 Å². The molecule has 6 heteroatoms. The van der Waals surface area contributed by atoms with E-state index in [-0.39, 0.29) is 0 Å². The third kappa shape index (κ3) is 7.64. The molecule has 0 spiro atoms. The van der Waals surface area contributed by atoms with Crippen molar-refractivity contribution in [2.45, 2.75) is 13.5 Å². The Morgan fingerprint density at radius 1 is 1.14 bits per heavy atom. The van der Waals surface area contributed by atoms with Crippen molar-refractivity contribution in [3.8, 4) is 0 Å². The van der Waals surface area contributed by atoms with Crippen molar-refractivity contribution in [1.29, 1.82) is 0 Å². The van der Waals surface area contributed by atoms with Crippen LogP contribution >= 0.6 is 0 Å². The lowest BCUT2D eigenvalue weighted by atomic mass is 10.2. The van der Waals surface area contributed by atoms with Crippen LogP contribution < -0.4 is 10.6 Å². The molecule has 1 aromatic rings. The van der Waals surface area contributed by atoms with Crippen LogP contribution in [0.2, 0.25) is 0 Å². The molecule has 0 aliphatic heterocycles. The standard InChI is InChI=1S/C16H18N2O4/c1-2-3-5-10-15(20)22-12-14(19)18-16(21)17-11-13-8-6-4-7-9-13/h2-10H,11-12H2,1H3,(H2,17,18,19,21)/b3-2+,10-5+. The molecule has 2 N–H and O–H groups in total. The van der Waals surface area contributed by atoms with Gasteiger partial charge in [-0.15, -0.1) is 0 Å². The summed E-state index contributed by atoms with van der Waals surface area (Å²) in [6.45, 7) is 1.58.